The first-order valence-corrected chi connectivity index (χ1v) is 3.24. The molecule has 4 N–H and O–H groups in total. The lowest BCUT2D eigenvalue weighted by Gasteiger charge is -2.33. The summed E-state index contributed by atoms with van der Waals surface area (Å²) in [4.78, 5) is 0. The van der Waals surface area contributed by atoms with Crippen molar-refractivity contribution < 1.29 is 29.6 Å². The molecule has 70 valence electrons. The molecule has 0 amide bonds. The van der Waals surface area contributed by atoms with E-state index in [0.717, 1.165) is 0 Å². The number of halogens is 1. The van der Waals surface area contributed by atoms with Crippen molar-refractivity contribution in [1.29, 1.82) is 0 Å². The first kappa shape index (κ1) is 9.24. The van der Waals surface area contributed by atoms with Crippen molar-refractivity contribution in [2.75, 3.05) is 6.61 Å². The van der Waals surface area contributed by atoms with E-state index in [4.69, 9.17) is 20.4 Å². The summed E-state index contributed by atoms with van der Waals surface area (Å²) in [6.07, 6.45) is -3.21. The van der Waals surface area contributed by atoms with Gasteiger partial charge < -0.3 is 25.2 Å². The summed E-state index contributed by atoms with van der Waals surface area (Å²) in [5.74, 6) is -3.42. The minimum Gasteiger partial charge on any atom is -0.506 e. The lowest BCUT2D eigenvalue weighted by molar-refractivity contribution is -0.234. The molecule has 1 aliphatic rings. The van der Waals surface area contributed by atoms with Gasteiger partial charge in [-0.05, 0) is 0 Å². The molecule has 5 nitrogen and oxygen atoms in total. The summed E-state index contributed by atoms with van der Waals surface area (Å²) in [6, 6.07) is 0. The second-order valence-electron chi connectivity index (χ2n) is 2.49. The Labute approximate surface area is 67.3 Å². The Morgan fingerprint density at radius 2 is 2.17 bits per heavy atom. The molecule has 0 aromatic carbocycles. The number of alkyl halides is 1. The van der Waals surface area contributed by atoms with Gasteiger partial charge in [-0.2, -0.15) is 4.39 Å². The van der Waals surface area contributed by atoms with Crippen LogP contribution in [0.25, 0.3) is 0 Å². The molecule has 0 saturated carbocycles. The highest BCUT2D eigenvalue weighted by molar-refractivity contribution is 5.06. The number of rotatable bonds is 1. The fraction of sp³-hybridized carbons (Fsp3) is 0.667. The standard InChI is InChI=1S/C6H9FO5/c7-6(2-8)5(11)4(10)3(9)1-12-6/h1,4-5,8-11H,2H2/t4-,5+,6+/m1/s1. The molecule has 6 heteroatoms. The van der Waals surface area contributed by atoms with Crippen molar-refractivity contribution in [3.8, 4) is 0 Å². The molecule has 0 bridgehead atoms. The van der Waals surface area contributed by atoms with Crippen LogP contribution in [0.1, 0.15) is 0 Å². The van der Waals surface area contributed by atoms with Crippen LogP contribution in [0.15, 0.2) is 12.0 Å². The van der Waals surface area contributed by atoms with Crippen LogP contribution in [0, 0.1) is 0 Å². The molecule has 0 aliphatic carbocycles. The van der Waals surface area contributed by atoms with Crippen LogP contribution in [0.3, 0.4) is 0 Å². The smallest absolute Gasteiger partial charge is 0.299 e. The average Bonchev–Trinajstić information content (AvgIpc) is 2.09. The predicted octanol–water partition coefficient (Wildman–Crippen LogP) is -1.20. The highest BCUT2D eigenvalue weighted by atomic mass is 19.2. The number of aliphatic hydroxyl groups excluding tert-OH is 4. The Balaban J connectivity index is 2.86. The van der Waals surface area contributed by atoms with Crippen molar-refractivity contribution in [2.24, 2.45) is 0 Å². The normalized spacial score (nSPS) is 41.8. The maximum atomic E-state index is 13.1. The predicted molar refractivity (Wildman–Crippen MR) is 34.7 cm³/mol. The van der Waals surface area contributed by atoms with Gasteiger partial charge in [0.05, 0.1) is 0 Å². The van der Waals surface area contributed by atoms with E-state index in [1.165, 1.54) is 0 Å². The Kier molecular flexibility index (Phi) is 2.22. The second kappa shape index (κ2) is 2.89. The fourth-order valence-corrected chi connectivity index (χ4v) is 0.826. The zero-order valence-electron chi connectivity index (χ0n) is 6.01. The van der Waals surface area contributed by atoms with Crippen LogP contribution < -0.4 is 0 Å². The summed E-state index contributed by atoms with van der Waals surface area (Å²) in [6.45, 7) is -1.10. The van der Waals surface area contributed by atoms with Gasteiger partial charge in [0.25, 0.3) is 5.85 Å². The second-order valence-corrected chi connectivity index (χ2v) is 2.49. The van der Waals surface area contributed by atoms with Crippen molar-refractivity contribution in [3.63, 3.8) is 0 Å². The van der Waals surface area contributed by atoms with Crippen LogP contribution in [0.2, 0.25) is 0 Å². The third kappa shape index (κ3) is 1.24. The molecular formula is C6H9FO5. The Morgan fingerprint density at radius 1 is 1.58 bits per heavy atom. The van der Waals surface area contributed by atoms with Gasteiger partial charge in [0.1, 0.15) is 19.0 Å². The molecule has 0 spiro atoms. The maximum absolute atomic E-state index is 13.1. The lowest BCUT2D eigenvalue weighted by atomic mass is 10.0. The SMILES string of the molecule is OC[C@]1(F)OC=C(O)[C@@H](O)[C@@H]1O. The third-order valence-corrected chi connectivity index (χ3v) is 1.63. The van der Waals surface area contributed by atoms with Crippen LogP contribution in [-0.4, -0.2) is 45.1 Å². The van der Waals surface area contributed by atoms with Gasteiger partial charge in [-0.15, -0.1) is 0 Å². The van der Waals surface area contributed by atoms with E-state index in [0.29, 0.717) is 6.26 Å². The van der Waals surface area contributed by atoms with Gasteiger partial charge in [-0.1, -0.05) is 0 Å². The van der Waals surface area contributed by atoms with E-state index < -0.39 is 30.4 Å². The van der Waals surface area contributed by atoms with Gasteiger partial charge in [-0.3, -0.25) is 0 Å². The van der Waals surface area contributed by atoms with Gasteiger partial charge in [0, 0.05) is 0 Å². The summed E-state index contributed by atoms with van der Waals surface area (Å²) in [5, 5.41) is 35.1. The summed E-state index contributed by atoms with van der Waals surface area (Å²) in [7, 11) is 0. The van der Waals surface area contributed by atoms with Crippen LogP contribution >= 0.6 is 0 Å². The largest absolute Gasteiger partial charge is 0.506 e. The fourth-order valence-electron chi connectivity index (χ4n) is 0.826. The molecule has 0 aromatic rings. The molecule has 12 heavy (non-hydrogen) atoms. The zero-order valence-corrected chi connectivity index (χ0v) is 6.01. The Hall–Kier alpha value is -0.850. The molecule has 1 heterocycles. The van der Waals surface area contributed by atoms with Gasteiger partial charge in [0.2, 0.25) is 0 Å². The van der Waals surface area contributed by atoms with Crippen LogP contribution in [0.4, 0.5) is 4.39 Å². The zero-order chi connectivity index (χ0) is 9.35. The molecular weight excluding hydrogens is 171 g/mol. The van der Waals surface area contributed by atoms with Crippen molar-refractivity contribution in [3.05, 3.63) is 12.0 Å². The van der Waals surface area contributed by atoms with E-state index in [9.17, 15) is 4.39 Å². The van der Waals surface area contributed by atoms with Gasteiger partial charge in [0.15, 0.2) is 11.9 Å². The topological polar surface area (TPSA) is 90.2 Å². The van der Waals surface area contributed by atoms with Crippen molar-refractivity contribution in [2.45, 2.75) is 18.1 Å². The molecule has 3 atom stereocenters. The quantitative estimate of drug-likeness (QED) is 0.407. The summed E-state index contributed by atoms with van der Waals surface area (Å²) >= 11 is 0. The number of hydrogen-bond acceptors (Lipinski definition) is 5. The minimum atomic E-state index is -2.74. The molecule has 0 radical (unpaired) electrons. The van der Waals surface area contributed by atoms with Crippen LogP contribution in [0.5, 0.6) is 0 Å². The summed E-state index contributed by atoms with van der Waals surface area (Å²) in [5.41, 5.74) is 0. The summed E-state index contributed by atoms with van der Waals surface area (Å²) < 4.78 is 17.3. The molecule has 1 aliphatic heterocycles. The number of hydrogen-bond donors (Lipinski definition) is 4. The Bertz CT molecular complexity index is 206. The van der Waals surface area contributed by atoms with E-state index in [1.54, 1.807) is 0 Å². The van der Waals surface area contributed by atoms with Crippen molar-refractivity contribution in [1.82, 2.24) is 0 Å². The highest BCUT2D eigenvalue weighted by Crippen LogP contribution is 2.27. The first-order valence-electron chi connectivity index (χ1n) is 3.24. The van der Waals surface area contributed by atoms with E-state index >= 15 is 0 Å². The maximum Gasteiger partial charge on any atom is 0.299 e. The molecule has 0 saturated heterocycles. The van der Waals surface area contributed by atoms with E-state index in [2.05, 4.69) is 4.74 Å². The van der Waals surface area contributed by atoms with E-state index in [-0.39, 0.29) is 0 Å². The molecule has 0 fully saturated rings. The molecule has 0 unspecified atom stereocenters. The number of aliphatic hydroxyl groups is 4. The highest BCUT2D eigenvalue weighted by Gasteiger charge is 2.48. The first-order chi connectivity index (χ1) is 5.51. The minimum absolute atomic E-state index is 0.549. The molecule has 1 rings (SSSR count). The number of ether oxygens (including phenoxy) is 1. The van der Waals surface area contributed by atoms with E-state index in [1.807, 2.05) is 0 Å². The molecule has 0 aromatic heterocycles. The van der Waals surface area contributed by atoms with Gasteiger partial charge >= 0.3 is 0 Å². The Morgan fingerprint density at radius 3 is 2.67 bits per heavy atom. The lowest BCUT2D eigenvalue weighted by Crippen LogP contribution is -2.52. The van der Waals surface area contributed by atoms with Crippen molar-refractivity contribution >= 4 is 0 Å². The monoisotopic (exact) mass is 180 g/mol. The van der Waals surface area contributed by atoms with Gasteiger partial charge in [-0.25, -0.2) is 0 Å². The third-order valence-electron chi connectivity index (χ3n) is 1.63. The average molecular weight is 180 g/mol. The van der Waals surface area contributed by atoms with Crippen LogP contribution in [-0.2, 0) is 4.74 Å².